The number of carbonyl (C=O) groups is 2. The Morgan fingerprint density at radius 2 is 2.10 bits per heavy atom. The third-order valence-corrected chi connectivity index (χ3v) is 3.73. The molecule has 2 N–H and O–H groups in total. The number of benzene rings is 1. The molecule has 5 nitrogen and oxygen atoms in total. The fourth-order valence-corrected chi connectivity index (χ4v) is 2.52. The van der Waals surface area contributed by atoms with Crippen LogP contribution in [-0.2, 0) is 9.53 Å². The zero-order chi connectivity index (χ0) is 15.3. The Kier molecular flexibility index (Phi) is 5.94. The van der Waals surface area contributed by atoms with Crippen LogP contribution in [0.1, 0.15) is 29.3 Å². The van der Waals surface area contributed by atoms with E-state index in [1.165, 1.54) is 7.11 Å². The van der Waals surface area contributed by atoms with E-state index in [1.54, 1.807) is 13.0 Å². The van der Waals surface area contributed by atoms with Crippen LogP contribution in [0.25, 0.3) is 0 Å². The molecule has 6 heteroatoms. The lowest BCUT2D eigenvalue weighted by molar-refractivity contribution is -0.139. The zero-order valence-corrected chi connectivity index (χ0v) is 13.9. The summed E-state index contributed by atoms with van der Waals surface area (Å²) in [7, 11) is 1.47. The predicted molar refractivity (Wildman–Crippen MR) is 83.9 cm³/mol. The lowest BCUT2D eigenvalue weighted by Gasteiger charge is -2.28. The highest BCUT2D eigenvalue weighted by Crippen LogP contribution is 2.17. The van der Waals surface area contributed by atoms with Gasteiger partial charge in [0.15, 0.2) is 0 Å². The normalized spacial score (nSPS) is 13.6. The van der Waals surface area contributed by atoms with Crippen molar-refractivity contribution < 1.29 is 19.4 Å². The number of rotatable bonds is 6. The van der Waals surface area contributed by atoms with E-state index >= 15 is 0 Å². The molecule has 0 aromatic heterocycles. The van der Waals surface area contributed by atoms with Crippen LogP contribution >= 0.6 is 22.6 Å². The van der Waals surface area contributed by atoms with Crippen molar-refractivity contribution in [2.45, 2.75) is 25.8 Å². The smallest absolute Gasteiger partial charge is 0.305 e. The van der Waals surface area contributed by atoms with E-state index in [0.29, 0.717) is 5.56 Å². The van der Waals surface area contributed by atoms with E-state index in [9.17, 15) is 9.59 Å². The minimum absolute atomic E-state index is 0.132. The van der Waals surface area contributed by atoms with Gasteiger partial charge in [-0.15, -0.1) is 0 Å². The Hall–Kier alpha value is -1.15. The highest BCUT2D eigenvalue weighted by Gasteiger charge is 2.30. The molecule has 1 atom stereocenters. The average molecular weight is 391 g/mol. The number of hydrogen-bond donors (Lipinski definition) is 2. The molecule has 1 aromatic carbocycles. The summed E-state index contributed by atoms with van der Waals surface area (Å²) < 4.78 is 5.84. The number of nitrogens with one attached hydrogen (secondary N) is 1. The number of amides is 1. The van der Waals surface area contributed by atoms with Crippen LogP contribution in [0, 0.1) is 10.5 Å². The molecule has 20 heavy (non-hydrogen) atoms. The van der Waals surface area contributed by atoms with E-state index in [2.05, 4.69) is 27.9 Å². The summed E-state index contributed by atoms with van der Waals surface area (Å²) in [5.74, 6) is -1.28. The molecular formula is C14H18INO4. The van der Waals surface area contributed by atoms with Gasteiger partial charge in [0.05, 0.1) is 24.1 Å². The molecule has 1 unspecified atom stereocenters. The van der Waals surface area contributed by atoms with Gasteiger partial charge in [0, 0.05) is 10.7 Å². The second-order valence-corrected chi connectivity index (χ2v) is 6.16. The van der Waals surface area contributed by atoms with Gasteiger partial charge in [0.1, 0.15) is 0 Å². The summed E-state index contributed by atoms with van der Waals surface area (Å²) in [6.07, 6.45) is -0.199. The second-order valence-electron chi connectivity index (χ2n) is 5.00. The number of methoxy groups -OCH3 is 1. The summed E-state index contributed by atoms with van der Waals surface area (Å²) in [6, 6.07) is 5.56. The summed E-state index contributed by atoms with van der Waals surface area (Å²) in [5, 5.41) is 11.7. The molecule has 0 fully saturated rings. The quantitative estimate of drug-likeness (QED) is 0.730. The molecule has 0 saturated heterocycles. The average Bonchev–Trinajstić information content (AvgIpc) is 2.30. The molecule has 0 radical (unpaired) electrons. The molecule has 0 heterocycles. The zero-order valence-electron chi connectivity index (χ0n) is 11.7. The number of carboxylic acid groups (broad SMARTS) is 1. The Labute approximate surface area is 131 Å². The van der Waals surface area contributed by atoms with Crippen LogP contribution in [0.3, 0.4) is 0 Å². The largest absolute Gasteiger partial charge is 0.481 e. The lowest BCUT2D eigenvalue weighted by Crippen LogP contribution is -2.50. The molecule has 0 aliphatic rings. The van der Waals surface area contributed by atoms with Gasteiger partial charge in [-0.1, -0.05) is 11.6 Å². The lowest BCUT2D eigenvalue weighted by atomic mass is 9.98. The van der Waals surface area contributed by atoms with Gasteiger partial charge in [-0.25, -0.2) is 0 Å². The van der Waals surface area contributed by atoms with Crippen molar-refractivity contribution in [1.82, 2.24) is 5.32 Å². The molecule has 1 amide bonds. The maximum Gasteiger partial charge on any atom is 0.305 e. The van der Waals surface area contributed by atoms with Crippen LogP contribution in [0.15, 0.2) is 18.2 Å². The molecular weight excluding hydrogens is 373 g/mol. The van der Waals surface area contributed by atoms with Crippen LogP contribution in [0.4, 0.5) is 0 Å². The first kappa shape index (κ1) is 16.9. The Morgan fingerprint density at radius 3 is 2.65 bits per heavy atom. The number of aliphatic carboxylic acids is 1. The van der Waals surface area contributed by atoms with Crippen molar-refractivity contribution in [2.75, 3.05) is 13.7 Å². The molecule has 0 bridgehead atoms. The fraction of sp³-hybridized carbons (Fsp3) is 0.429. The molecule has 110 valence electrons. The summed E-state index contributed by atoms with van der Waals surface area (Å²) in [4.78, 5) is 23.2. The first-order valence-corrected chi connectivity index (χ1v) is 7.15. The van der Waals surface area contributed by atoms with Gasteiger partial charge in [0.25, 0.3) is 5.91 Å². The standard InChI is InChI=1S/C14H18INO4/c1-9-4-5-11(15)10(6-9)13(19)16-14(2,8-20-3)7-12(17)18/h4-6H,7-8H2,1-3H3,(H,16,19)(H,17,18). The fourth-order valence-electron chi connectivity index (χ4n) is 1.94. The van der Waals surface area contributed by atoms with Crippen LogP contribution in [-0.4, -0.2) is 36.2 Å². The maximum absolute atomic E-state index is 12.3. The van der Waals surface area contributed by atoms with Gasteiger partial charge in [-0.3, -0.25) is 9.59 Å². The number of carboxylic acids is 1. The van der Waals surface area contributed by atoms with Gasteiger partial charge in [0.2, 0.25) is 0 Å². The molecule has 1 rings (SSSR count). The molecule has 0 saturated carbocycles. The third kappa shape index (κ3) is 4.75. The molecule has 0 aliphatic heterocycles. The number of halogens is 1. The van der Waals surface area contributed by atoms with Gasteiger partial charge in [-0.2, -0.15) is 0 Å². The minimum atomic E-state index is -0.983. The minimum Gasteiger partial charge on any atom is -0.481 e. The van der Waals surface area contributed by atoms with Crippen molar-refractivity contribution in [1.29, 1.82) is 0 Å². The Bertz CT molecular complexity index is 518. The summed E-state index contributed by atoms with van der Waals surface area (Å²) in [6.45, 7) is 3.69. The van der Waals surface area contributed by atoms with Crippen molar-refractivity contribution in [3.63, 3.8) is 0 Å². The van der Waals surface area contributed by atoms with E-state index in [1.807, 2.05) is 19.1 Å². The number of carbonyl (C=O) groups excluding carboxylic acids is 1. The number of hydrogen-bond acceptors (Lipinski definition) is 3. The van der Waals surface area contributed by atoms with Crippen LogP contribution in [0.2, 0.25) is 0 Å². The highest BCUT2D eigenvalue weighted by molar-refractivity contribution is 14.1. The second kappa shape index (κ2) is 7.03. The Balaban J connectivity index is 2.95. The molecule has 0 aliphatic carbocycles. The summed E-state index contributed by atoms with van der Waals surface area (Å²) in [5.41, 5.74) is 0.574. The van der Waals surface area contributed by atoms with E-state index in [-0.39, 0.29) is 18.9 Å². The monoisotopic (exact) mass is 391 g/mol. The van der Waals surface area contributed by atoms with Crippen molar-refractivity contribution >= 4 is 34.5 Å². The van der Waals surface area contributed by atoms with Gasteiger partial charge in [-0.05, 0) is 48.6 Å². The SMILES string of the molecule is COCC(C)(CC(=O)O)NC(=O)c1cc(C)ccc1I. The van der Waals surface area contributed by atoms with E-state index in [4.69, 9.17) is 9.84 Å². The van der Waals surface area contributed by atoms with E-state index < -0.39 is 11.5 Å². The maximum atomic E-state index is 12.3. The third-order valence-electron chi connectivity index (χ3n) is 2.79. The Morgan fingerprint density at radius 1 is 1.45 bits per heavy atom. The summed E-state index contributed by atoms with van der Waals surface area (Å²) >= 11 is 2.08. The van der Waals surface area contributed by atoms with Gasteiger partial charge < -0.3 is 15.2 Å². The van der Waals surface area contributed by atoms with E-state index in [0.717, 1.165) is 9.13 Å². The highest BCUT2D eigenvalue weighted by atomic mass is 127. The van der Waals surface area contributed by atoms with Crippen LogP contribution < -0.4 is 5.32 Å². The van der Waals surface area contributed by atoms with Crippen LogP contribution in [0.5, 0.6) is 0 Å². The van der Waals surface area contributed by atoms with Crippen molar-refractivity contribution in [3.05, 3.63) is 32.9 Å². The van der Waals surface area contributed by atoms with Crippen molar-refractivity contribution in [2.24, 2.45) is 0 Å². The first-order valence-electron chi connectivity index (χ1n) is 6.07. The topological polar surface area (TPSA) is 75.6 Å². The number of ether oxygens (including phenoxy) is 1. The molecule has 1 aromatic rings. The molecule has 0 spiro atoms. The predicted octanol–water partition coefficient (Wildman–Crippen LogP) is 2.21. The first-order chi connectivity index (χ1) is 9.27. The number of aryl methyl sites for hydroxylation is 1. The van der Waals surface area contributed by atoms with Gasteiger partial charge >= 0.3 is 5.97 Å². The van der Waals surface area contributed by atoms with Crippen molar-refractivity contribution in [3.8, 4) is 0 Å².